The van der Waals surface area contributed by atoms with Gasteiger partial charge in [-0.1, -0.05) is 177 Å². The summed E-state index contributed by atoms with van der Waals surface area (Å²) in [5.41, 5.74) is 0. The van der Waals surface area contributed by atoms with E-state index in [2.05, 4.69) is 92.1 Å². The number of carbonyl (C=O) groups is 1. The number of unbranched alkanes of at least 4 members (excludes halogenated alkanes) is 15. The molecule has 330 valence electrons. The van der Waals surface area contributed by atoms with Crippen LogP contribution in [0.2, 0.25) is 0 Å². The first-order chi connectivity index (χ1) is 27.5. The number of phosphoric acid groups is 1. The number of aliphatic hydroxyl groups is 1. The zero-order chi connectivity index (χ0) is 42.1. The van der Waals surface area contributed by atoms with Crippen molar-refractivity contribution in [1.29, 1.82) is 0 Å². The lowest BCUT2D eigenvalue weighted by Crippen LogP contribution is -2.46. The average molecular weight is 820 g/mol. The number of hydrogen-bond acceptors (Lipinski definition) is 5. The van der Waals surface area contributed by atoms with Gasteiger partial charge in [0.25, 0.3) is 0 Å². The Balaban J connectivity index is 4.29. The number of amides is 1. The van der Waals surface area contributed by atoms with E-state index in [0.29, 0.717) is 23.9 Å². The van der Waals surface area contributed by atoms with Crippen molar-refractivity contribution in [2.45, 2.75) is 187 Å². The molecule has 0 aliphatic carbocycles. The third-order valence-corrected chi connectivity index (χ3v) is 10.7. The number of nitrogens with zero attached hydrogens (tertiary/aromatic N) is 1. The summed E-state index contributed by atoms with van der Waals surface area (Å²) < 4.78 is 23.6. The molecule has 0 bridgehead atoms. The van der Waals surface area contributed by atoms with Gasteiger partial charge in [0.2, 0.25) is 5.91 Å². The van der Waals surface area contributed by atoms with Crippen molar-refractivity contribution in [2.24, 2.45) is 0 Å². The Hall–Kier alpha value is -2.06. The van der Waals surface area contributed by atoms with Gasteiger partial charge in [0, 0.05) is 6.42 Å². The molecule has 0 rings (SSSR count). The van der Waals surface area contributed by atoms with E-state index in [1.165, 1.54) is 57.8 Å². The van der Waals surface area contributed by atoms with Gasteiger partial charge in [-0.3, -0.25) is 13.8 Å². The molecule has 9 heteroatoms. The fourth-order valence-corrected chi connectivity index (χ4v) is 6.84. The maximum absolute atomic E-state index is 12.9. The molecule has 57 heavy (non-hydrogen) atoms. The number of nitrogens with one attached hydrogen (secondary N) is 1. The molecule has 0 spiro atoms. The van der Waals surface area contributed by atoms with E-state index >= 15 is 0 Å². The van der Waals surface area contributed by atoms with E-state index < -0.39 is 20.0 Å². The van der Waals surface area contributed by atoms with Crippen molar-refractivity contribution in [3.63, 3.8) is 0 Å². The number of hydrogen-bond donors (Lipinski definition) is 3. The highest BCUT2D eigenvalue weighted by molar-refractivity contribution is 7.47. The van der Waals surface area contributed by atoms with Gasteiger partial charge in [-0.25, -0.2) is 4.57 Å². The molecule has 0 aromatic heterocycles. The van der Waals surface area contributed by atoms with Gasteiger partial charge in [0.1, 0.15) is 13.2 Å². The highest BCUT2D eigenvalue weighted by atomic mass is 31.2. The second kappa shape index (κ2) is 39.4. The molecule has 0 saturated heterocycles. The SMILES string of the molecule is CC/C=C\C/C=C\C/C=C\C/C=C\C/C=C\C/C=C\CCCCCCCCC(=O)NC(COP(=O)(O)OCC[N+](C)(C)C)C(O)CCCCCCCCCCCC. The molecule has 0 saturated carbocycles. The Bertz CT molecular complexity index is 1160. The van der Waals surface area contributed by atoms with Crippen LogP contribution in [0.4, 0.5) is 0 Å². The minimum Gasteiger partial charge on any atom is -0.391 e. The monoisotopic (exact) mass is 820 g/mol. The first kappa shape index (κ1) is 54.9. The van der Waals surface area contributed by atoms with E-state index in [9.17, 15) is 19.4 Å². The number of carbonyl (C=O) groups excluding carboxylic acids is 1. The van der Waals surface area contributed by atoms with Gasteiger partial charge in [0.05, 0.1) is 39.9 Å². The highest BCUT2D eigenvalue weighted by Gasteiger charge is 2.28. The first-order valence-electron chi connectivity index (χ1n) is 22.8. The van der Waals surface area contributed by atoms with Crippen LogP contribution in [-0.4, -0.2) is 73.4 Å². The van der Waals surface area contributed by atoms with Crippen molar-refractivity contribution in [2.75, 3.05) is 40.9 Å². The summed E-state index contributed by atoms with van der Waals surface area (Å²) in [6.07, 6.45) is 52.2. The van der Waals surface area contributed by atoms with Gasteiger partial charge >= 0.3 is 7.82 Å². The van der Waals surface area contributed by atoms with E-state index in [1.54, 1.807) is 0 Å². The molecule has 3 atom stereocenters. The van der Waals surface area contributed by atoms with Crippen LogP contribution in [0.5, 0.6) is 0 Å². The van der Waals surface area contributed by atoms with E-state index in [-0.39, 0.29) is 19.1 Å². The highest BCUT2D eigenvalue weighted by Crippen LogP contribution is 2.43. The molecule has 3 N–H and O–H groups in total. The summed E-state index contributed by atoms with van der Waals surface area (Å²) in [7, 11) is 1.59. The summed E-state index contributed by atoms with van der Waals surface area (Å²) in [4.78, 5) is 23.1. The molecule has 0 aliphatic rings. The number of quaternary nitrogens is 1. The Kier molecular flexibility index (Phi) is 38.0. The predicted octanol–water partition coefficient (Wildman–Crippen LogP) is 12.8. The first-order valence-corrected chi connectivity index (χ1v) is 24.3. The van der Waals surface area contributed by atoms with Crippen LogP contribution >= 0.6 is 7.82 Å². The number of rotatable bonds is 40. The van der Waals surface area contributed by atoms with Crippen LogP contribution in [0.1, 0.15) is 174 Å². The van der Waals surface area contributed by atoms with Crippen molar-refractivity contribution >= 4 is 13.7 Å². The topological polar surface area (TPSA) is 105 Å². The lowest BCUT2D eigenvalue weighted by molar-refractivity contribution is -0.870. The molecular formula is C48H88N2O6P+. The maximum atomic E-state index is 12.9. The quantitative estimate of drug-likeness (QED) is 0.0246. The summed E-state index contributed by atoms with van der Waals surface area (Å²) in [5, 5.41) is 13.9. The van der Waals surface area contributed by atoms with E-state index in [0.717, 1.165) is 89.9 Å². The number of phosphoric ester groups is 1. The molecular weight excluding hydrogens is 732 g/mol. The summed E-state index contributed by atoms with van der Waals surface area (Å²) in [5.74, 6) is -0.165. The van der Waals surface area contributed by atoms with Crippen molar-refractivity contribution in [3.8, 4) is 0 Å². The van der Waals surface area contributed by atoms with Crippen molar-refractivity contribution in [1.82, 2.24) is 5.32 Å². The fourth-order valence-electron chi connectivity index (χ4n) is 6.11. The van der Waals surface area contributed by atoms with Gasteiger partial charge in [-0.15, -0.1) is 0 Å². The predicted molar refractivity (Wildman–Crippen MR) is 244 cm³/mol. The molecule has 0 aromatic rings. The number of likely N-dealkylation sites (N-methyl/N-ethyl adjacent to an activating group) is 1. The molecule has 0 fully saturated rings. The normalized spacial score (nSPS) is 15.0. The second-order valence-corrected chi connectivity index (χ2v) is 17.9. The molecule has 0 heterocycles. The average Bonchev–Trinajstić information content (AvgIpc) is 3.16. The minimum absolute atomic E-state index is 0.0674. The minimum atomic E-state index is -4.32. The fraction of sp³-hybridized carbons (Fsp3) is 0.729. The van der Waals surface area contributed by atoms with Gasteiger partial charge in [-0.05, 0) is 64.2 Å². The smallest absolute Gasteiger partial charge is 0.391 e. The van der Waals surface area contributed by atoms with E-state index in [1.807, 2.05) is 21.1 Å². The third-order valence-electron chi connectivity index (χ3n) is 9.72. The molecule has 1 amide bonds. The van der Waals surface area contributed by atoms with Gasteiger partial charge in [-0.2, -0.15) is 0 Å². The lowest BCUT2D eigenvalue weighted by Gasteiger charge is -2.26. The molecule has 0 aromatic carbocycles. The van der Waals surface area contributed by atoms with Crippen LogP contribution in [0, 0.1) is 0 Å². The van der Waals surface area contributed by atoms with Gasteiger partial charge in [0.15, 0.2) is 0 Å². The standard InChI is InChI=1S/C48H87N2O6P/c1-6-8-10-12-14-16-18-19-20-21-22-23-24-25-26-27-28-29-30-31-32-34-36-38-40-42-48(52)49-46(45-56-57(53,54)55-44-43-50(3,4)5)47(51)41-39-37-35-33-17-15-13-11-9-7-2/h8,10,14,16,19-20,22-23,25-26,28-29,46-47,51H,6-7,9,11-13,15,17-18,21,24,27,30-45H2,1-5H3,(H-,49,52,53,54)/p+1/b10-8-,16-14-,20-19-,23-22-,26-25-,29-28-. The lowest BCUT2D eigenvalue weighted by atomic mass is 10.0. The van der Waals surface area contributed by atoms with Gasteiger partial charge < -0.3 is 19.8 Å². The Labute approximate surface area is 351 Å². The Morgan fingerprint density at radius 2 is 1.05 bits per heavy atom. The molecule has 8 nitrogen and oxygen atoms in total. The summed E-state index contributed by atoms with van der Waals surface area (Å²) in [6.45, 7) is 4.72. The van der Waals surface area contributed by atoms with Crippen LogP contribution in [0.15, 0.2) is 72.9 Å². The largest absolute Gasteiger partial charge is 0.472 e. The Morgan fingerprint density at radius 3 is 1.54 bits per heavy atom. The van der Waals surface area contributed by atoms with Crippen molar-refractivity contribution < 1.29 is 32.9 Å². The Morgan fingerprint density at radius 1 is 0.614 bits per heavy atom. The van der Waals surface area contributed by atoms with Crippen LogP contribution in [-0.2, 0) is 18.4 Å². The number of aliphatic hydroxyl groups excluding tert-OH is 1. The zero-order valence-corrected chi connectivity index (χ0v) is 38.2. The second-order valence-electron chi connectivity index (χ2n) is 16.4. The van der Waals surface area contributed by atoms with Crippen molar-refractivity contribution in [3.05, 3.63) is 72.9 Å². The maximum Gasteiger partial charge on any atom is 0.472 e. The summed E-state index contributed by atoms with van der Waals surface area (Å²) >= 11 is 0. The zero-order valence-electron chi connectivity index (χ0n) is 37.3. The van der Waals surface area contributed by atoms with Crippen LogP contribution in [0.25, 0.3) is 0 Å². The molecule has 0 aliphatic heterocycles. The molecule has 0 radical (unpaired) electrons. The van der Waals surface area contributed by atoms with Crippen LogP contribution < -0.4 is 5.32 Å². The van der Waals surface area contributed by atoms with Crippen LogP contribution in [0.3, 0.4) is 0 Å². The third kappa shape index (κ3) is 41.9. The summed E-state index contributed by atoms with van der Waals surface area (Å²) in [6, 6.07) is -0.771. The number of allylic oxidation sites excluding steroid dienone is 12. The molecule has 3 unspecified atom stereocenters. The van der Waals surface area contributed by atoms with E-state index in [4.69, 9.17) is 9.05 Å².